The van der Waals surface area contributed by atoms with E-state index in [1.165, 1.54) is 25.7 Å². The molecule has 3 fully saturated rings. The van der Waals surface area contributed by atoms with Crippen LogP contribution in [0.25, 0.3) is 0 Å². The van der Waals surface area contributed by atoms with Gasteiger partial charge in [0.2, 0.25) is 0 Å². The van der Waals surface area contributed by atoms with Crippen LogP contribution in [0.2, 0.25) is 0 Å². The molecule has 2 aliphatic heterocycles. The molecule has 0 aromatic rings. The Morgan fingerprint density at radius 1 is 0.800 bits per heavy atom. The van der Waals surface area contributed by atoms with Gasteiger partial charge in [0, 0.05) is 39.1 Å². The Kier molecular flexibility index (Phi) is 2.49. The molecule has 1 N–H and O–H groups in total. The van der Waals surface area contributed by atoms with Gasteiger partial charge in [0.1, 0.15) is 0 Å². The number of rotatable bonds is 0. The number of morpholine rings is 1. The van der Waals surface area contributed by atoms with Crippen molar-refractivity contribution in [2.45, 2.75) is 49.7 Å². The average molecular weight is 211 g/mol. The third-order valence-electron chi connectivity index (χ3n) is 4.25. The summed E-state index contributed by atoms with van der Waals surface area (Å²) < 4.78 is 12.0. The van der Waals surface area contributed by atoms with E-state index in [1.54, 1.807) is 0 Å². The van der Waals surface area contributed by atoms with Crippen molar-refractivity contribution in [3.8, 4) is 0 Å². The van der Waals surface area contributed by atoms with Crippen LogP contribution < -0.4 is 5.32 Å². The molecule has 0 radical (unpaired) electrons. The number of ether oxygens (including phenoxy) is 2. The van der Waals surface area contributed by atoms with Gasteiger partial charge in [-0.15, -0.1) is 0 Å². The van der Waals surface area contributed by atoms with Crippen LogP contribution >= 0.6 is 0 Å². The second-order valence-corrected chi connectivity index (χ2v) is 5.39. The first-order chi connectivity index (χ1) is 7.33. The minimum atomic E-state index is 0.0981. The van der Waals surface area contributed by atoms with Gasteiger partial charge in [-0.25, -0.2) is 0 Å². The van der Waals surface area contributed by atoms with Crippen molar-refractivity contribution in [1.29, 1.82) is 0 Å². The topological polar surface area (TPSA) is 30.5 Å². The minimum absolute atomic E-state index is 0.0981. The summed E-state index contributed by atoms with van der Waals surface area (Å²) in [6.07, 6.45) is 7.33. The van der Waals surface area contributed by atoms with Crippen molar-refractivity contribution in [3.05, 3.63) is 0 Å². The van der Waals surface area contributed by atoms with Crippen LogP contribution in [0.3, 0.4) is 0 Å². The van der Waals surface area contributed by atoms with Crippen molar-refractivity contribution in [1.82, 2.24) is 5.32 Å². The molecular formula is C12H21NO2. The van der Waals surface area contributed by atoms with E-state index < -0.39 is 0 Å². The zero-order valence-electron chi connectivity index (χ0n) is 9.39. The average Bonchev–Trinajstić information content (AvgIpc) is 2.67. The summed E-state index contributed by atoms with van der Waals surface area (Å²) in [6.45, 7) is 3.84. The molecule has 3 heteroatoms. The third-order valence-corrected chi connectivity index (χ3v) is 4.25. The van der Waals surface area contributed by atoms with E-state index in [0.29, 0.717) is 0 Å². The van der Waals surface area contributed by atoms with Gasteiger partial charge in [-0.1, -0.05) is 12.8 Å². The summed E-state index contributed by atoms with van der Waals surface area (Å²) in [6, 6.07) is 0. The Labute approximate surface area is 91.5 Å². The molecule has 3 aliphatic rings. The fourth-order valence-electron chi connectivity index (χ4n) is 3.37. The Morgan fingerprint density at radius 3 is 2.07 bits per heavy atom. The highest BCUT2D eigenvalue weighted by Crippen LogP contribution is 2.41. The Balaban J connectivity index is 1.74. The van der Waals surface area contributed by atoms with Crippen molar-refractivity contribution in [3.63, 3.8) is 0 Å². The predicted octanol–water partition coefficient (Wildman–Crippen LogP) is 1.47. The molecule has 86 valence electrons. The largest absolute Gasteiger partial charge is 0.381 e. The van der Waals surface area contributed by atoms with Gasteiger partial charge < -0.3 is 14.8 Å². The highest BCUT2D eigenvalue weighted by atomic mass is 16.5. The monoisotopic (exact) mass is 211 g/mol. The quantitative estimate of drug-likeness (QED) is 0.658. The van der Waals surface area contributed by atoms with Crippen LogP contribution in [0, 0.1) is 0 Å². The van der Waals surface area contributed by atoms with Gasteiger partial charge in [0.25, 0.3) is 0 Å². The number of hydrogen-bond donors (Lipinski definition) is 1. The van der Waals surface area contributed by atoms with Gasteiger partial charge >= 0.3 is 0 Å². The molecule has 2 saturated heterocycles. The predicted molar refractivity (Wildman–Crippen MR) is 57.9 cm³/mol. The summed E-state index contributed by atoms with van der Waals surface area (Å²) in [5.74, 6) is 0. The zero-order valence-corrected chi connectivity index (χ0v) is 9.39. The molecule has 3 rings (SSSR count). The fourth-order valence-corrected chi connectivity index (χ4v) is 3.37. The second-order valence-electron chi connectivity index (χ2n) is 5.39. The summed E-state index contributed by atoms with van der Waals surface area (Å²) in [5.41, 5.74) is 0.274. The van der Waals surface area contributed by atoms with Gasteiger partial charge in [0.15, 0.2) is 0 Å². The summed E-state index contributed by atoms with van der Waals surface area (Å²) in [5, 5.41) is 3.60. The lowest BCUT2D eigenvalue weighted by atomic mass is 9.88. The van der Waals surface area contributed by atoms with Gasteiger partial charge in [0.05, 0.1) is 11.2 Å². The van der Waals surface area contributed by atoms with Crippen LogP contribution in [0.15, 0.2) is 0 Å². The molecule has 0 unspecified atom stereocenters. The normalized spacial score (nSPS) is 33.6. The van der Waals surface area contributed by atoms with Gasteiger partial charge in [-0.05, 0) is 12.8 Å². The second kappa shape index (κ2) is 3.72. The zero-order chi connectivity index (χ0) is 10.2. The van der Waals surface area contributed by atoms with Gasteiger partial charge in [-0.2, -0.15) is 0 Å². The Hall–Kier alpha value is -0.120. The summed E-state index contributed by atoms with van der Waals surface area (Å²) in [7, 11) is 0. The third kappa shape index (κ3) is 1.81. The van der Waals surface area contributed by atoms with Gasteiger partial charge in [-0.3, -0.25) is 0 Å². The number of nitrogens with one attached hydrogen (secondary N) is 1. The molecule has 3 nitrogen and oxygen atoms in total. The molecule has 2 spiro atoms. The molecule has 1 saturated carbocycles. The van der Waals surface area contributed by atoms with Crippen LogP contribution in [-0.2, 0) is 9.47 Å². The standard InChI is InChI=1S/C12H21NO2/c1-2-4-11(3-1)9-13-10-12(15-11)5-7-14-8-6-12/h13H,1-10H2. The summed E-state index contributed by atoms with van der Waals surface area (Å²) in [4.78, 5) is 0. The molecule has 0 aromatic carbocycles. The molecule has 0 amide bonds. The first-order valence-corrected chi connectivity index (χ1v) is 6.31. The van der Waals surface area contributed by atoms with Crippen LogP contribution in [0.1, 0.15) is 38.5 Å². The van der Waals surface area contributed by atoms with Crippen molar-refractivity contribution < 1.29 is 9.47 Å². The Bertz CT molecular complexity index is 224. The lowest BCUT2D eigenvalue weighted by Gasteiger charge is -2.49. The van der Waals surface area contributed by atoms with Crippen LogP contribution in [-0.4, -0.2) is 37.5 Å². The molecule has 0 aromatic heterocycles. The van der Waals surface area contributed by atoms with Crippen molar-refractivity contribution >= 4 is 0 Å². The smallest absolute Gasteiger partial charge is 0.0858 e. The summed E-state index contributed by atoms with van der Waals surface area (Å²) >= 11 is 0. The molecule has 0 bridgehead atoms. The highest BCUT2D eigenvalue weighted by molar-refractivity contribution is 4.99. The lowest BCUT2D eigenvalue weighted by Crippen LogP contribution is -2.61. The minimum Gasteiger partial charge on any atom is -0.381 e. The van der Waals surface area contributed by atoms with Crippen LogP contribution in [0.5, 0.6) is 0 Å². The molecule has 1 aliphatic carbocycles. The maximum atomic E-state index is 6.52. The number of hydrogen-bond acceptors (Lipinski definition) is 3. The van der Waals surface area contributed by atoms with E-state index in [2.05, 4.69) is 5.32 Å². The van der Waals surface area contributed by atoms with E-state index >= 15 is 0 Å². The van der Waals surface area contributed by atoms with Crippen molar-refractivity contribution in [2.75, 3.05) is 26.3 Å². The molecular weight excluding hydrogens is 190 g/mol. The van der Waals surface area contributed by atoms with E-state index in [-0.39, 0.29) is 11.2 Å². The van der Waals surface area contributed by atoms with E-state index in [4.69, 9.17) is 9.47 Å². The maximum absolute atomic E-state index is 6.52. The fraction of sp³-hybridized carbons (Fsp3) is 1.00. The molecule has 2 heterocycles. The first-order valence-electron chi connectivity index (χ1n) is 6.31. The molecule has 15 heavy (non-hydrogen) atoms. The van der Waals surface area contributed by atoms with E-state index in [9.17, 15) is 0 Å². The first kappa shape index (κ1) is 10.1. The van der Waals surface area contributed by atoms with Crippen molar-refractivity contribution in [2.24, 2.45) is 0 Å². The van der Waals surface area contributed by atoms with Crippen LogP contribution in [0.4, 0.5) is 0 Å². The maximum Gasteiger partial charge on any atom is 0.0858 e. The SMILES string of the molecule is C1CCC2(C1)CNCC1(CCOCC1)O2. The van der Waals surface area contributed by atoms with E-state index in [0.717, 1.165) is 39.1 Å². The Morgan fingerprint density at radius 2 is 1.40 bits per heavy atom. The molecule has 0 atom stereocenters. The lowest BCUT2D eigenvalue weighted by molar-refractivity contribution is -0.204. The van der Waals surface area contributed by atoms with E-state index in [1.807, 2.05) is 0 Å². The highest BCUT2D eigenvalue weighted by Gasteiger charge is 2.47.